The molecule has 1 aromatic heterocycles. The van der Waals surface area contributed by atoms with Crippen LogP contribution in [0.1, 0.15) is 56.3 Å². The van der Waals surface area contributed by atoms with Gasteiger partial charge >= 0.3 is 5.97 Å². The first-order valence-electron chi connectivity index (χ1n) is 11.8. The van der Waals surface area contributed by atoms with E-state index in [9.17, 15) is 14.0 Å². The average molecular weight is 455 g/mol. The summed E-state index contributed by atoms with van der Waals surface area (Å²) >= 11 is 0. The number of aromatic nitrogens is 2. The lowest BCUT2D eigenvalue weighted by molar-refractivity contribution is -0.149. The van der Waals surface area contributed by atoms with E-state index in [1.165, 1.54) is 12.1 Å². The summed E-state index contributed by atoms with van der Waals surface area (Å²) in [5, 5.41) is 0. The number of ether oxygens (including phenoxy) is 1. The van der Waals surface area contributed by atoms with E-state index in [1.807, 2.05) is 0 Å². The van der Waals surface area contributed by atoms with Crippen molar-refractivity contribution in [3.63, 3.8) is 0 Å². The number of anilines is 1. The molecule has 2 atom stereocenters. The van der Waals surface area contributed by atoms with E-state index < -0.39 is 0 Å². The van der Waals surface area contributed by atoms with Gasteiger partial charge in [0.15, 0.2) is 5.82 Å². The number of nitrogens with zero attached hydrogens (tertiary/aromatic N) is 4. The summed E-state index contributed by atoms with van der Waals surface area (Å²) in [5.74, 6) is 0.0310. The van der Waals surface area contributed by atoms with Gasteiger partial charge in [-0.2, -0.15) is 0 Å². The second-order valence-electron chi connectivity index (χ2n) is 8.82. The summed E-state index contributed by atoms with van der Waals surface area (Å²) in [7, 11) is 0. The smallest absolute Gasteiger partial charge is 0.310 e. The van der Waals surface area contributed by atoms with Crippen molar-refractivity contribution in [2.45, 2.75) is 52.0 Å². The molecular formula is C25H31FN4O3. The molecule has 176 valence electrons. The Bertz CT molecular complexity index is 998. The monoisotopic (exact) mass is 454 g/mol. The third-order valence-corrected chi connectivity index (χ3v) is 6.51. The number of halogens is 1. The molecule has 2 aliphatic heterocycles. The quantitative estimate of drug-likeness (QED) is 0.634. The van der Waals surface area contributed by atoms with Crippen LogP contribution >= 0.6 is 0 Å². The molecule has 0 spiro atoms. The molecule has 0 radical (unpaired) electrons. The molecule has 0 bridgehead atoms. The highest BCUT2D eigenvalue weighted by Crippen LogP contribution is 2.30. The maximum Gasteiger partial charge on any atom is 0.310 e. The second kappa shape index (κ2) is 10.3. The van der Waals surface area contributed by atoms with Crippen molar-refractivity contribution in [2.24, 2.45) is 5.92 Å². The van der Waals surface area contributed by atoms with Crippen molar-refractivity contribution < 1.29 is 18.7 Å². The molecule has 3 heterocycles. The highest BCUT2D eigenvalue weighted by atomic mass is 19.1. The molecule has 2 aliphatic rings. The number of carbonyl (C=O) groups is 2. The predicted molar refractivity (Wildman–Crippen MR) is 123 cm³/mol. The largest absolute Gasteiger partial charge is 0.466 e. The van der Waals surface area contributed by atoms with Gasteiger partial charge in [-0.1, -0.05) is 0 Å². The number of carbonyl (C=O) groups excluding carboxylic acids is 2. The van der Waals surface area contributed by atoms with Gasteiger partial charge in [-0.15, -0.1) is 0 Å². The first-order valence-corrected chi connectivity index (χ1v) is 11.8. The number of piperidine rings is 2. The molecular weight excluding hydrogens is 423 g/mol. The van der Waals surface area contributed by atoms with Gasteiger partial charge in [-0.05, 0) is 70.2 Å². The Kier molecular flexibility index (Phi) is 7.20. The first kappa shape index (κ1) is 23.1. The highest BCUT2D eigenvalue weighted by molar-refractivity contribution is 5.99. The maximum absolute atomic E-state index is 13.6. The molecule has 2 aromatic rings. The number of hydrogen-bond acceptors (Lipinski definition) is 6. The molecule has 0 N–H and O–H groups in total. The van der Waals surface area contributed by atoms with Crippen molar-refractivity contribution in [2.75, 3.05) is 31.1 Å². The minimum absolute atomic E-state index is 0.164. The van der Waals surface area contributed by atoms with E-state index in [4.69, 9.17) is 9.72 Å². The van der Waals surface area contributed by atoms with Crippen molar-refractivity contribution in [3.8, 4) is 11.4 Å². The van der Waals surface area contributed by atoms with Gasteiger partial charge in [-0.25, -0.2) is 14.4 Å². The number of benzene rings is 1. The highest BCUT2D eigenvalue weighted by Gasteiger charge is 2.33. The van der Waals surface area contributed by atoms with E-state index in [0.29, 0.717) is 42.5 Å². The Hall–Kier alpha value is -3.03. The third-order valence-electron chi connectivity index (χ3n) is 6.51. The van der Waals surface area contributed by atoms with Crippen LogP contribution in [-0.4, -0.2) is 59.0 Å². The van der Waals surface area contributed by atoms with Gasteiger partial charge in [0.1, 0.15) is 17.2 Å². The fraction of sp³-hybridized carbons (Fsp3) is 0.520. The lowest BCUT2D eigenvalue weighted by Gasteiger charge is -2.37. The first-order chi connectivity index (χ1) is 16.0. The van der Waals surface area contributed by atoms with E-state index in [2.05, 4.69) is 16.8 Å². The molecule has 1 amide bonds. The summed E-state index contributed by atoms with van der Waals surface area (Å²) in [6.45, 7) is 6.00. The second-order valence-corrected chi connectivity index (χ2v) is 8.82. The van der Waals surface area contributed by atoms with Crippen LogP contribution < -0.4 is 4.90 Å². The van der Waals surface area contributed by atoms with Gasteiger partial charge in [-0.3, -0.25) is 9.59 Å². The maximum atomic E-state index is 13.6. The standard InChI is InChI=1S/C25H31FN4O3/c1-3-33-25(32)19-8-6-13-29(16-19)24(31)21-15-27-22(18-9-11-20(26)12-10-18)28-23(21)30-14-5-4-7-17(30)2/h9-12,15,17,19H,3-8,13-14,16H2,1-2H3/t17-,19+/m1/s1. The van der Waals surface area contributed by atoms with Gasteiger partial charge in [0.25, 0.3) is 5.91 Å². The van der Waals surface area contributed by atoms with Crippen LogP contribution in [0.15, 0.2) is 30.5 Å². The molecule has 0 saturated carbocycles. The Morgan fingerprint density at radius 3 is 2.64 bits per heavy atom. The Morgan fingerprint density at radius 1 is 1.12 bits per heavy atom. The molecule has 8 heteroatoms. The number of amides is 1. The van der Waals surface area contributed by atoms with Gasteiger partial charge in [0.2, 0.25) is 0 Å². The van der Waals surface area contributed by atoms with E-state index in [-0.39, 0.29) is 29.7 Å². The summed E-state index contributed by atoms with van der Waals surface area (Å²) in [5.41, 5.74) is 1.14. The van der Waals surface area contributed by atoms with Gasteiger partial charge in [0.05, 0.1) is 12.5 Å². The molecule has 1 aromatic carbocycles. The van der Waals surface area contributed by atoms with E-state index in [0.717, 1.165) is 38.6 Å². The molecule has 4 rings (SSSR count). The normalized spacial score (nSPS) is 21.1. The van der Waals surface area contributed by atoms with Crippen LogP contribution in [0.4, 0.5) is 10.2 Å². The zero-order valence-electron chi connectivity index (χ0n) is 19.3. The lowest BCUT2D eigenvalue weighted by Crippen LogP contribution is -2.44. The SMILES string of the molecule is CCOC(=O)[C@H]1CCCN(C(=O)c2cnc(-c3ccc(F)cc3)nc2N2CCCC[C@H]2C)C1. The van der Waals surface area contributed by atoms with E-state index in [1.54, 1.807) is 30.2 Å². The summed E-state index contributed by atoms with van der Waals surface area (Å²) in [6, 6.07) is 6.29. The van der Waals surface area contributed by atoms with Gasteiger partial charge in [0, 0.05) is 37.4 Å². The van der Waals surface area contributed by atoms with Crippen molar-refractivity contribution in [1.29, 1.82) is 0 Å². The third kappa shape index (κ3) is 5.15. The van der Waals surface area contributed by atoms with Crippen LogP contribution in [0.2, 0.25) is 0 Å². The van der Waals surface area contributed by atoms with Crippen LogP contribution in [0, 0.1) is 11.7 Å². The van der Waals surface area contributed by atoms with Crippen LogP contribution in [0.5, 0.6) is 0 Å². The predicted octanol–water partition coefficient (Wildman–Crippen LogP) is 4.08. The molecule has 33 heavy (non-hydrogen) atoms. The lowest BCUT2D eigenvalue weighted by atomic mass is 9.97. The Morgan fingerprint density at radius 2 is 1.91 bits per heavy atom. The topological polar surface area (TPSA) is 75.6 Å². The molecule has 7 nitrogen and oxygen atoms in total. The van der Waals surface area contributed by atoms with Crippen molar-refractivity contribution >= 4 is 17.7 Å². The fourth-order valence-electron chi connectivity index (χ4n) is 4.68. The minimum Gasteiger partial charge on any atom is -0.466 e. The average Bonchev–Trinajstić information content (AvgIpc) is 2.84. The van der Waals surface area contributed by atoms with Crippen molar-refractivity contribution in [1.82, 2.24) is 14.9 Å². The molecule has 0 aliphatic carbocycles. The zero-order chi connectivity index (χ0) is 23.4. The van der Waals surface area contributed by atoms with Crippen molar-refractivity contribution in [3.05, 3.63) is 41.8 Å². The van der Waals surface area contributed by atoms with E-state index >= 15 is 0 Å². The number of likely N-dealkylation sites (tertiary alicyclic amines) is 1. The molecule has 2 fully saturated rings. The fourth-order valence-corrected chi connectivity index (χ4v) is 4.68. The molecule has 2 saturated heterocycles. The number of rotatable bonds is 5. The van der Waals surface area contributed by atoms with Gasteiger partial charge < -0.3 is 14.5 Å². The molecule has 0 unspecified atom stereocenters. The minimum atomic E-state index is -0.323. The zero-order valence-corrected chi connectivity index (χ0v) is 19.3. The number of hydrogen-bond donors (Lipinski definition) is 0. The Balaban J connectivity index is 1.66. The summed E-state index contributed by atoms with van der Waals surface area (Å²) in [4.78, 5) is 39.0. The van der Waals surface area contributed by atoms with Crippen LogP contribution in [0.3, 0.4) is 0 Å². The summed E-state index contributed by atoms with van der Waals surface area (Å²) in [6.07, 6.45) is 6.25. The summed E-state index contributed by atoms with van der Waals surface area (Å²) < 4.78 is 18.6. The van der Waals surface area contributed by atoms with Crippen LogP contribution in [0.25, 0.3) is 11.4 Å². The Labute approximate surface area is 194 Å². The van der Waals surface area contributed by atoms with Crippen LogP contribution in [-0.2, 0) is 9.53 Å². The number of esters is 1.